The SMILES string of the molecule is CC(Nc1ccc2c(c1)Cc1cccc(-c3cc(N4CCOCC4)cc(=O)[nH]3)c1O2)C(=O)N1CCCC1. The third kappa shape index (κ3) is 4.81. The molecule has 8 heteroatoms. The van der Waals surface area contributed by atoms with Crippen LogP contribution in [0.5, 0.6) is 11.5 Å². The van der Waals surface area contributed by atoms with Crippen molar-refractivity contribution in [3.8, 4) is 22.8 Å². The number of rotatable bonds is 5. The minimum absolute atomic E-state index is 0.138. The molecule has 0 spiro atoms. The summed E-state index contributed by atoms with van der Waals surface area (Å²) in [6, 6.07) is 15.4. The minimum atomic E-state index is -0.282. The van der Waals surface area contributed by atoms with Crippen molar-refractivity contribution < 1.29 is 14.3 Å². The molecule has 2 saturated heterocycles. The Hall–Kier alpha value is -3.78. The van der Waals surface area contributed by atoms with Gasteiger partial charge in [0.15, 0.2) is 0 Å². The molecular weight excluding hydrogens is 468 g/mol. The Morgan fingerprint density at radius 1 is 1.00 bits per heavy atom. The van der Waals surface area contributed by atoms with Gasteiger partial charge in [0.25, 0.3) is 0 Å². The number of nitrogens with zero attached hydrogens (tertiary/aromatic N) is 2. The second-order valence-corrected chi connectivity index (χ2v) is 10.0. The van der Waals surface area contributed by atoms with Gasteiger partial charge in [-0.2, -0.15) is 0 Å². The van der Waals surface area contributed by atoms with Gasteiger partial charge >= 0.3 is 0 Å². The standard InChI is InChI=1S/C29H32N4O4/c1-19(29(35)33-9-2-3-10-33)30-22-7-8-26-21(16-22)15-20-5-4-6-24(28(20)37-26)25-17-23(18-27(34)31-25)32-11-13-36-14-12-32/h4-8,16-19,30H,2-3,9-15H2,1H3,(H,31,34). The molecule has 8 nitrogen and oxygen atoms in total. The first kappa shape index (κ1) is 23.6. The first-order valence-corrected chi connectivity index (χ1v) is 13.1. The lowest BCUT2D eigenvalue weighted by atomic mass is 9.96. The van der Waals surface area contributed by atoms with Crippen molar-refractivity contribution in [1.29, 1.82) is 0 Å². The summed E-state index contributed by atoms with van der Waals surface area (Å²) in [7, 11) is 0. The summed E-state index contributed by atoms with van der Waals surface area (Å²) in [6.45, 7) is 6.46. The highest BCUT2D eigenvalue weighted by atomic mass is 16.5. The monoisotopic (exact) mass is 500 g/mol. The first-order valence-electron chi connectivity index (χ1n) is 13.1. The molecule has 3 aromatic rings. The van der Waals surface area contributed by atoms with Gasteiger partial charge in [-0.3, -0.25) is 9.59 Å². The van der Waals surface area contributed by atoms with E-state index >= 15 is 0 Å². The molecule has 1 aromatic heterocycles. The molecule has 3 aliphatic heterocycles. The van der Waals surface area contributed by atoms with Crippen LogP contribution in [-0.4, -0.2) is 61.2 Å². The van der Waals surface area contributed by atoms with Crippen LogP contribution >= 0.6 is 0 Å². The number of hydrogen-bond donors (Lipinski definition) is 2. The van der Waals surface area contributed by atoms with E-state index in [4.69, 9.17) is 9.47 Å². The lowest BCUT2D eigenvalue weighted by Crippen LogP contribution is -2.39. The van der Waals surface area contributed by atoms with Gasteiger partial charge in [0.2, 0.25) is 11.5 Å². The van der Waals surface area contributed by atoms with E-state index < -0.39 is 0 Å². The molecule has 3 aliphatic rings. The number of carbonyl (C=O) groups is 1. The Bertz CT molecular complexity index is 1370. The molecular formula is C29H32N4O4. The molecule has 1 atom stereocenters. The fraction of sp³-hybridized carbons (Fsp3) is 0.379. The van der Waals surface area contributed by atoms with Gasteiger partial charge in [0, 0.05) is 61.2 Å². The highest BCUT2D eigenvalue weighted by Gasteiger charge is 2.25. The van der Waals surface area contributed by atoms with Crippen LogP contribution in [0.25, 0.3) is 11.3 Å². The largest absolute Gasteiger partial charge is 0.456 e. The molecule has 2 fully saturated rings. The van der Waals surface area contributed by atoms with Crippen LogP contribution in [-0.2, 0) is 16.0 Å². The Morgan fingerprint density at radius 2 is 1.81 bits per heavy atom. The zero-order valence-electron chi connectivity index (χ0n) is 21.1. The maximum absolute atomic E-state index is 12.7. The van der Waals surface area contributed by atoms with Crippen molar-refractivity contribution in [3.63, 3.8) is 0 Å². The van der Waals surface area contributed by atoms with Crippen molar-refractivity contribution >= 4 is 17.3 Å². The van der Waals surface area contributed by atoms with Gasteiger partial charge in [0.05, 0.1) is 18.9 Å². The summed E-state index contributed by atoms with van der Waals surface area (Å²) in [6.07, 6.45) is 2.87. The molecule has 0 saturated carbocycles. The number of nitrogens with one attached hydrogen (secondary N) is 2. The van der Waals surface area contributed by atoms with Crippen LogP contribution in [0.3, 0.4) is 0 Å². The summed E-state index contributed by atoms with van der Waals surface area (Å²) in [5, 5.41) is 3.37. The van der Waals surface area contributed by atoms with Gasteiger partial charge in [-0.15, -0.1) is 0 Å². The van der Waals surface area contributed by atoms with Crippen LogP contribution in [0.4, 0.5) is 11.4 Å². The lowest BCUT2D eigenvalue weighted by Gasteiger charge is -2.29. The summed E-state index contributed by atoms with van der Waals surface area (Å²) in [4.78, 5) is 32.4. The number of para-hydroxylation sites is 1. The fourth-order valence-corrected chi connectivity index (χ4v) is 5.48. The number of ether oxygens (including phenoxy) is 2. The summed E-state index contributed by atoms with van der Waals surface area (Å²) in [5.74, 6) is 1.70. The number of fused-ring (bicyclic) bond motifs is 2. The molecule has 192 valence electrons. The van der Waals surface area contributed by atoms with Gasteiger partial charge in [0.1, 0.15) is 17.5 Å². The molecule has 6 rings (SSSR count). The van der Waals surface area contributed by atoms with Gasteiger partial charge < -0.3 is 29.6 Å². The van der Waals surface area contributed by atoms with Crippen molar-refractivity contribution in [2.24, 2.45) is 0 Å². The van der Waals surface area contributed by atoms with E-state index in [0.29, 0.717) is 19.6 Å². The highest BCUT2D eigenvalue weighted by Crippen LogP contribution is 2.43. The number of amides is 1. The van der Waals surface area contributed by atoms with Crippen LogP contribution < -0.4 is 20.5 Å². The Kier molecular flexibility index (Phi) is 6.34. The highest BCUT2D eigenvalue weighted by molar-refractivity contribution is 5.84. The number of anilines is 2. The number of likely N-dealkylation sites (tertiary alicyclic amines) is 1. The maximum atomic E-state index is 12.7. The quantitative estimate of drug-likeness (QED) is 0.431. The number of aromatic nitrogens is 1. The topological polar surface area (TPSA) is 86.9 Å². The molecule has 2 N–H and O–H groups in total. The van der Waals surface area contributed by atoms with Crippen LogP contribution in [0.2, 0.25) is 0 Å². The predicted octanol–water partition coefficient (Wildman–Crippen LogP) is 4.00. The summed E-state index contributed by atoms with van der Waals surface area (Å²) < 4.78 is 11.9. The van der Waals surface area contributed by atoms with E-state index in [0.717, 1.165) is 84.3 Å². The second-order valence-electron chi connectivity index (χ2n) is 10.0. The Morgan fingerprint density at radius 3 is 2.62 bits per heavy atom. The molecule has 37 heavy (non-hydrogen) atoms. The normalized spacial score (nSPS) is 17.5. The van der Waals surface area contributed by atoms with E-state index in [1.807, 2.05) is 42.2 Å². The number of aromatic amines is 1. The summed E-state index contributed by atoms with van der Waals surface area (Å²) >= 11 is 0. The molecule has 4 heterocycles. The number of morpholine rings is 1. The Labute approximate surface area is 216 Å². The summed E-state index contributed by atoms with van der Waals surface area (Å²) in [5.41, 5.74) is 5.38. The zero-order valence-corrected chi connectivity index (χ0v) is 21.1. The number of carbonyl (C=O) groups excluding carboxylic acids is 1. The third-order valence-corrected chi connectivity index (χ3v) is 7.42. The predicted molar refractivity (Wildman–Crippen MR) is 144 cm³/mol. The zero-order chi connectivity index (χ0) is 25.4. The first-order chi connectivity index (χ1) is 18.0. The van der Waals surface area contributed by atoms with Crippen molar-refractivity contribution in [3.05, 3.63) is 70.0 Å². The van der Waals surface area contributed by atoms with E-state index in [-0.39, 0.29) is 17.5 Å². The molecule has 1 unspecified atom stereocenters. The number of pyridine rings is 1. The second kappa shape index (κ2) is 9.94. The van der Waals surface area contributed by atoms with Crippen molar-refractivity contribution in [2.45, 2.75) is 32.2 Å². The van der Waals surface area contributed by atoms with Crippen molar-refractivity contribution in [1.82, 2.24) is 9.88 Å². The van der Waals surface area contributed by atoms with Crippen LogP contribution in [0, 0.1) is 0 Å². The Balaban J connectivity index is 1.25. The average molecular weight is 501 g/mol. The van der Waals surface area contributed by atoms with E-state index in [2.05, 4.69) is 27.3 Å². The van der Waals surface area contributed by atoms with E-state index in [1.165, 1.54) is 0 Å². The lowest BCUT2D eigenvalue weighted by molar-refractivity contribution is -0.130. The number of benzene rings is 2. The van der Waals surface area contributed by atoms with Gasteiger partial charge in [-0.1, -0.05) is 12.1 Å². The van der Waals surface area contributed by atoms with Gasteiger partial charge in [-0.05, 0) is 55.7 Å². The number of H-pyrrole nitrogens is 1. The molecule has 2 aromatic carbocycles. The minimum Gasteiger partial charge on any atom is -0.456 e. The molecule has 0 bridgehead atoms. The van der Waals surface area contributed by atoms with Crippen LogP contribution in [0.15, 0.2) is 53.3 Å². The maximum Gasteiger partial charge on any atom is 0.250 e. The van der Waals surface area contributed by atoms with Gasteiger partial charge in [-0.25, -0.2) is 0 Å². The van der Waals surface area contributed by atoms with Crippen LogP contribution in [0.1, 0.15) is 30.9 Å². The fourth-order valence-electron chi connectivity index (χ4n) is 5.48. The number of hydrogen-bond acceptors (Lipinski definition) is 6. The van der Waals surface area contributed by atoms with Crippen molar-refractivity contribution in [2.75, 3.05) is 49.6 Å². The third-order valence-electron chi connectivity index (χ3n) is 7.42. The smallest absolute Gasteiger partial charge is 0.250 e. The van der Waals surface area contributed by atoms with E-state index in [9.17, 15) is 9.59 Å². The van der Waals surface area contributed by atoms with E-state index in [1.54, 1.807) is 6.07 Å². The molecule has 1 amide bonds. The average Bonchev–Trinajstić information content (AvgIpc) is 3.46. The molecule has 0 aliphatic carbocycles. The molecule has 0 radical (unpaired) electrons.